The van der Waals surface area contributed by atoms with Crippen molar-refractivity contribution in [3.8, 4) is 45.6 Å². The minimum atomic E-state index is -0.877. The summed E-state index contributed by atoms with van der Waals surface area (Å²) in [4.78, 5) is 7.85. The Morgan fingerprint density at radius 1 is 0.383 bits per heavy atom. The number of allylic oxidation sites excluding steroid dienone is 8. The molecule has 14 heteroatoms. The van der Waals surface area contributed by atoms with Crippen LogP contribution in [-0.4, -0.2) is 42.7 Å². The van der Waals surface area contributed by atoms with Crippen LogP contribution in [0.4, 0.5) is 74.4 Å². The van der Waals surface area contributed by atoms with Gasteiger partial charge in [0.1, 0.15) is 23.0 Å². The number of benzene rings is 10. The van der Waals surface area contributed by atoms with Gasteiger partial charge < -0.3 is 48.0 Å². The van der Waals surface area contributed by atoms with Crippen LogP contribution in [0.3, 0.4) is 0 Å². The Hall–Kier alpha value is -11.4. The number of rotatable bonds is 23. The Balaban J connectivity index is 0.863. The summed E-state index contributed by atoms with van der Waals surface area (Å²) in [5.41, 5.74) is 14.1. The van der Waals surface area contributed by atoms with Crippen molar-refractivity contribution in [2.45, 2.75) is 20.3 Å². The van der Waals surface area contributed by atoms with E-state index < -0.39 is 34.8 Å². The molecule has 0 radical (unpaired) electrons. The number of halogens is 4. The lowest BCUT2D eigenvalue weighted by molar-refractivity contribution is 0.360. The second kappa shape index (κ2) is 28.8. The van der Waals surface area contributed by atoms with Crippen molar-refractivity contribution in [1.29, 1.82) is 0 Å². The molecule has 94 heavy (non-hydrogen) atoms. The van der Waals surface area contributed by atoms with Crippen LogP contribution in [0.1, 0.15) is 31.4 Å². The van der Waals surface area contributed by atoms with Crippen molar-refractivity contribution in [3.63, 3.8) is 0 Å². The second-order valence-corrected chi connectivity index (χ2v) is 22.2. The molecule has 0 fully saturated rings. The van der Waals surface area contributed by atoms with E-state index in [0.29, 0.717) is 23.5 Å². The van der Waals surface area contributed by atoms with Gasteiger partial charge >= 0.3 is 0 Å². The van der Waals surface area contributed by atoms with Gasteiger partial charge in [-0.2, -0.15) is 0 Å². The Morgan fingerprint density at radius 2 is 0.713 bits per heavy atom. The molecule has 0 saturated carbocycles. The van der Waals surface area contributed by atoms with Gasteiger partial charge in [-0.25, -0.2) is 17.6 Å². The third-order valence-corrected chi connectivity index (χ3v) is 16.6. The van der Waals surface area contributed by atoms with Crippen LogP contribution in [0.5, 0.6) is 34.5 Å². The zero-order valence-corrected chi connectivity index (χ0v) is 53.4. The summed E-state index contributed by atoms with van der Waals surface area (Å²) in [6.45, 7) is 8.44. The molecule has 0 aromatic heterocycles. The maximum Gasteiger partial charge on any atom is 0.190 e. The average Bonchev–Trinajstić information content (AvgIpc) is 0.909. The van der Waals surface area contributed by atoms with Gasteiger partial charge in [0.25, 0.3) is 0 Å². The molecule has 0 amide bonds. The zero-order valence-electron chi connectivity index (χ0n) is 53.4. The van der Waals surface area contributed by atoms with Crippen LogP contribution >= 0.6 is 0 Å². The van der Waals surface area contributed by atoms with Gasteiger partial charge in [-0.3, -0.25) is 0 Å². The minimum absolute atomic E-state index is 0.116. The highest BCUT2D eigenvalue weighted by Crippen LogP contribution is 2.45. The highest BCUT2D eigenvalue weighted by atomic mass is 19.1. The van der Waals surface area contributed by atoms with Gasteiger partial charge in [0, 0.05) is 87.1 Å². The van der Waals surface area contributed by atoms with Crippen molar-refractivity contribution >= 4 is 68.0 Å². The molecule has 1 aliphatic carbocycles. The van der Waals surface area contributed by atoms with Crippen LogP contribution in [-0.2, 0) is 0 Å². The lowest BCUT2D eigenvalue weighted by atomic mass is 9.87. The Kier molecular flexibility index (Phi) is 19.7. The summed E-state index contributed by atoms with van der Waals surface area (Å²) in [7, 11) is 9.02. The van der Waals surface area contributed by atoms with Gasteiger partial charge in [-0.1, -0.05) is 80.3 Å². The predicted octanol–water partition coefficient (Wildman–Crippen LogP) is 21.4. The first-order chi connectivity index (χ1) is 45.7. The van der Waals surface area contributed by atoms with Crippen molar-refractivity contribution < 1.29 is 46.0 Å². The number of hydrogen-bond donors (Lipinski definition) is 0. The van der Waals surface area contributed by atoms with Gasteiger partial charge in [0.2, 0.25) is 0 Å². The lowest BCUT2D eigenvalue weighted by Gasteiger charge is -2.34. The van der Waals surface area contributed by atoms with E-state index in [1.165, 1.54) is 38.5 Å². The van der Waals surface area contributed by atoms with Crippen LogP contribution in [0, 0.1) is 29.2 Å². The first-order valence-electron chi connectivity index (χ1n) is 30.4. The van der Waals surface area contributed by atoms with E-state index in [-0.39, 0.29) is 17.3 Å². The Morgan fingerprint density at radius 3 is 1.06 bits per heavy atom. The topological polar surface area (TPSA) is 68.3 Å². The average molecular weight is 1260 g/mol. The molecule has 1 unspecified atom stereocenters. The summed E-state index contributed by atoms with van der Waals surface area (Å²) < 4.78 is 94.8. The van der Waals surface area contributed by atoms with Gasteiger partial charge in [0.05, 0.1) is 54.0 Å². The molecule has 0 heterocycles. The molecule has 474 valence electrons. The maximum atomic E-state index is 15.8. The fraction of sp³-hybridized carbons (Fsp3) is 0.125. The normalized spacial score (nSPS) is 12.9. The van der Waals surface area contributed by atoms with Gasteiger partial charge in [-0.05, 0) is 204 Å². The summed E-state index contributed by atoms with van der Waals surface area (Å²) in [6.07, 6.45) is 10.3. The minimum Gasteiger partial charge on any atom is -0.497 e. The van der Waals surface area contributed by atoms with E-state index in [0.717, 1.165) is 96.2 Å². The van der Waals surface area contributed by atoms with Gasteiger partial charge in [-0.15, -0.1) is 0 Å². The number of ether oxygens (including phenoxy) is 6. The van der Waals surface area contributed by atoms with Gasteiger partial charge in [0.15, 0.2) is 34.8 Å². The summed E-state index contributed by atoms with van der Waals surface area (Å²) in [6, 6.07) is 68.5. The van der Waals surface area contributed by atoms with Crippen LogP contribution in [0.2, 0.25) is 0 Å². The number of nitrogens with zero attached hydrogens (tertiary/aromatic N) is 4. The smallest absolute Gasteiger partial charge is 0.190 e. The molecule has 11 rings (SSSR count). The maximum absolute atomic E-state index is 15.8. The molecule has 0 bridgehead atoms. The number of hydrogen-bond acceptors (Lipinski definition) is 10. The van der Waals surface area contributed by atoms with Crippen LogP contribution in [0.25, 0.3) is 22.3 Å². The van der Waals surface area contributed by atoms with E-state index in [1.54, 1.807) is 39.4 Å². The molecule has 1 atom stereocenters. The molecule has 1 aliphatic rings. The SMILES string of the molecule is C=C(/C=C\C(=C/C)c1ccc(N(C2=CC=C(c3ccc(N(c4ccc(OC)cc4)c4ccc(OC)cc4)cc3)CC2C)c2cc(F)c(OC)c(F)c2)cc1)N(c1ccc(-c2ccc(N(c3ccc(OC)cc3)c3ccc(OC)cc3)cc2)cc1)c1cc(F)c(OC)c(F)c1. The summed E-state index contributed by atoms with van der Waals surface area (Å²) >= 11 is 0. The summed E-state index contributed by atoms with van der Waals surface area (Å²) in [5.74, 6) is -1.52. The summed E-state index contributed by atoms with van der Waals surface area (Å²) in [5, 5.41) is 0. The molecule has 0 N–H and O–H groups in total. The third-order valence-electron chi connectivity index (χ3n) is 16.6. The predicted molar refractivity (Wildman–Crippen MR) is 372 cm³/mol. The van der Waals surface area contributed by atoms with E-state index >= 15 is 17.6 Å². The highest BCUT2D eigenvalue weighted by Gasteiger charge is 2.27. The zero-order chi connectivity index (χ0) is 66.0. The second-order valence-electron chi connectivity index (χ2n) is 22.2. The highest BCUT2D eigenvalue weighted by molar-refractivity contribution is 5.84. The van der Waals surface area contributed by atoms with Crippen LogP contribution < -0.4 is 48.0 Å². The molecule has 10 aromatic rings. The molecule has 0 saturated heterocycles. The fourth-order valence-electron chi connectivity index (χ4n) is 11.7. The van der Waals surface area contributed by atoms with Crippen molar-refractivity contribution in [2.75, 3.05) is 62.3 Å². The number of methoxy groups -OCH3 is 6. The molecule has 10 aromatic carbocycles. The molecule has 10 nitrogen and oxygen atoms in total. The van der Waals surface area contributed by atoms with Crippen molar-refractivity contribution in [2.24, 2.45) is 5.92 Å². The molecule has 0 aliphatic heterocycles. The van der Waals surface area contributed by atoms with Crippen molar-refractivity contribution in [1.82, 2.24) is 0 Å². The standard InChI is InChI=1S/C80H70F4N4O6/c1-10-54(12-11-53(3)85(68-48-74(81)79(93-8)75(82)49-68)60-22-15-56(16-23-60)57-17-24-61(25-18-57)86(63-30-38-70(89-4)39-31-63)64-32-40-71(90-5)41-33-64)55-13-28-67(29-14-55)88(69-50-76(83)80(94-9)77(84)51-69)78-46-21-59(47-52(78)2)58-19-26-62(27-20-58)87(65-34-42-72(91-6)43-35-65)66-36-44-73(92-7)45-37-66/h10-46,48-52H,3,47H2,1-2,4-9H3/b12-11-,54-10+. The first kappa shape index (κ1) is 64.2. The van der Waals surface area contributed by atoms with Crippen molar-refractivity contribution in [3.05, 3.63) is 301 Å². The first-order valence-corrected chi connectivity index (χ1v) is 30.4. The fourth-order valence-corrected chi connectivity index (χ4v) is 11.7. The largest absolute Gasteiger partial charge is 0.497 e. The molecular weight excluding hydrogens is 1190 g/mol. The lowest BCUT2D eigenvalue weighted by Crippen LogP contribution is -2.23. The Bertz CT molecular complexity index is 4280. The van der Waals surface area contributed by atoms with Crippen LogP contribution in [0.15, 0.2) is 267 Å². The molecular formula is C80H70F4N4O6. The van der Waals surface area contributed by atoms with E-state index in [9.17, 15) is 0 Å². The molecule has 0 spiro atoms. The number of anilines is 10. The monoisotopic (exact) mass is 1260 g/mol. The van der Waals surface area contributed by atoms with E-state index in [4.69, 9.17) is 28.4 Å². The third kappa shape index (κ3) is 13.8. The Labute approximate surface area is 546 Å². The van der Waals surface area contributed by atoms with E-state index in [2.05, 4.69) is 65.8 Å². The quantitative estimate of drug-likeness (QED) is 0.0457. The van der Waals surface area contributed by atoms with E-state index in [1.807, 2.05) is 188 Å².